The van der Waals surface area contributed by atoms with Crippen LogP contribution in [0.3, 0.4) is 0 Å². The molecule has 1 saturated carbocycles. The van der Waals surface area contributed by atoms with Gasteiger partial charge in [0, 0.05) is 6.04 Å². The summed E-state index contributed by atoms with van der Waals surface area (Å²) in [6, 6.07) is 0.857. The monoisotopic (exact) mass is 198 g/mol. The number of hydrogen-bond donors (Lipinski definition) is 1. The Hall–Kier alpha value is -0.0800. The molecule has 0 spiro atoms. The van der Waals surface area contributed by atoms with E-state index in [0.717, 1.165) is 18.5 Å². The number of rotatable bonds is 5. The first-order valence-electron chi connectivity index (χ1n) is 6.09. The third kappa shape index (κ3) is 3.97. The molecular formula is C12H26N2. The topological polar surface area (TPSA) is 15.3 Å². The third-order valence-corrected chi connectivity index (χ3v) is 3.47. The van der Waals surface area contributed by atoms with E-state index in [2.05, 4.69) is 24.2 Å². The van der Waals surface area contributed by atoms with Crippen molar-refractivity contribution in [1.29, 1.82) is 0 Å². The summed E-state index contributed by atoms with van der Waals surface area (Å²) in [6.45, 7) is 4.79. The largest absolute Gasteiger partial charge is 0.320 e. The van der Waals surface area contributed by atoms with Crippen LogP contribution in [0.5, 0.6) is 0 Å². The summed E-state index contributed by atoms with van der Waals surface area (Å²) in [5.74, 6) is 0.945. The molecule has 1 N–H and O–H groups in total. The lowest BCUT2D eigenvalue weighted by Gasteiger charge is -2.34. The molecule has 0 aromatic carbocycles. The Bertz CT molecular complexity index is 147. The molecule has 0 bridgehead atoms. The minimum absolute atomic E-state index is 0.857. The van der Waals surface area contributed by atoms with E-state index >= 15 is 0 Å². The van der Waals surface area contributed by atoms with Crippen LogP contribution in [0.4, 0.5) is 0 Å². The van der Waals surface area contributed by atoms with E-state index < -0.39 is 0 Å². The van der Waals surface area contributed by atoms with Crippen LogP contribution >= 0.6 is 0 Å². The predicted octanol–water partition coefficient (Wildman–Crippen LogP) is 2.11. The lowest BCUT2D eigenvalue weighted by Crippen LogP contribution is -2.36. The Morgan fingerprint density at radius 3 is 2.79 bits per heavy atom. The van der Waals surface area contributed by atoms with Crippen LogP contribution in [0, 0.1) is 5.92 Å². The van der Waals surface area contributed by atoms with Gasteiger partial charge in [0.2, 0.25) is 0 Å². The highest BCUT2D eigenvalue weighted by molar-refractivity contribution is 4.76. The first kappa shape index (κ1) is 12.0. The first-order chi connectivity index (χ1) is 6.74. The van der Waals surface area contributed by atoms with Crippen LogP contribution in [0.1, 0.15) is 39.0 Å². The van der Waals surface area contributed by atoms with Gasteiger partial charge in [0.05, 0.1) is 0 Å². The van der Waals surface area contributed by atoms with Crippen molar-refractivity contribution in [3.8, 4) is 0 Å². The van der Waals surface area contributed by atoms with Gasteiger partial charge in [0.15, 0.2) is 0 Å². The molecule has 1 aliphatic carbocycles. The molecule has 0 aromatic heterocycles. The minimum Gasteiger partial charge on any atom is -0.320 e. The molecule has 0 aliphatic heterocycles. The summed E-state index contributed by atoms with van der Waals surface area (Å²) in [4.78, 5) is 2.56. The molecule has 2 nitrogen and oxygen atoms in total. The summed E-state index contributed by atoms with van der Waals surface area (Å²) in [5.41, 5.74) is 0. The predicted molar refractivity (Wildman–Crippen MR) is 62.6 cm³/mol. The van der Waals surface area contributed by atoms with Crippen LogP contribution in [0.15, 0.2) is 0 Å². The quantitative estimate of drug-likeness (QED) is 0.681. The van der Waals surface area contributed by atoms with Crippen LogP contribution in [0.2, 0.25) is 0 Å². The Labute approximate surface area is 89.1 Å². The van der Waals surface area contributed by atoms with E-state index in [1.165, 1.54) is 38.6 Å². The molecule has 1 aliphatic rings. The number of nitrogens with one attached hydrogen (secondary N) is 1. The SMILES string of the molecule is CNCCCN(C)C1CCCC(C)C1. The van der Waals surface area contributed by atoms with Crippen molar-refractivity contribution in [3.63, 3.8) is 0 Å². The maximum Gasteiger partial charge on any atom is 0.00947 e. The van der Waals surface area contributed by atoms with Crippen molar-refractivity contribution in [1.82, 2.24) is 10.2 Å². The van der Waals surface area contributed by atoms with E-state index in [9.17, 15) is 0 Å². The Morgan fingerprint density at radius 2 is 2.14 bits per heavy atom. The molecule has 0 radical (unpaired) electrons. The van der Waals surface area contributed by atoms with Crippen LogP contribution in [-0.2, 0) is 0 Å². The van der Waals surface area contributed by atoms with Crippen LogP contribution in [0.25, 0.3) is 0 Å². The lowest BCUT2D eigenvalue weighted by atomic mass is 9.86. The van der Waals surface area contributed by atoms with Gasteiger partial charge in [-0.3, -0.25) is 0 Å². The molecule has 0 heterocycles. The maximum atomic E-state index is 3.21. The molecule has 84 valence electrons. The van der Waals surface area contributed by atoms with Crippen LogP contribution in [-0.4, -0.2) is 38.1 Å². The Kier molecular flexibility index (Phi) is 5.49. The highest BCUT2D eigenvalue weighted by Gasteiger charge is 2.21. The van der Waals surface area contributed by atoms with Crippen molar-refractivity contribution in [2.45, 2.75) is 45.1 Å². The lowest BCUT2D eigenvalue weighted by molar-refractivity contribution is 0.163. The van der Waals surface area contributed by atoms with Gasteiger partial charge in [0.25, 0.3) is 0 Å². The van der Waals surface area contributed by atoms with Crippen molar-refractivity contribution in [2.75, 3.05) is 27.2 Å². The molecule has 2 atom stereocenters. The van der Waals surface area contributed by atoms with Crippen molar-refractivity contribution in [2.24, 2.45) is 5.92 Å². The van der Waals surface area contributed by atoms with Gasteiger partial charge in [-0.2, -0.15) is 0 Å². The maximum absolute atomic E-state index is 3.21. The van der Waals surface area contributed by atoms with Crippen molar-refractivity contribution in [3.05, 3.63) is 0 Å². The third-order valence-electron chi connectivity index (χ3n) is 3.47. The molecule has 2 heteroatoms. The summed E-state index contributed by atoms with van der Waals surface area (Å²) >= 11 is 0. The average molecular weight is 198 g/mol. The van der Waals surface area contributed by atoms with Gasteiger partial charge in [-0.1, -0.05) is 19.8 Å². The van der Waals surface area contributed by atoms with E-state index in [-0.39, 0.29) is 0 Å². The molecule has 14 heavy (non-hydrogen) atoms. The molecule has 0 aromatic rings. The fourth-order valence-electron chi connectivity index (χ4n) is 2.49. The first-order valence-corrected chi connectivity index (χ1v) is 6.09. The van der Waals surface area contributed by atoms with Gasteiger partial charge < -0.3 is 10.2 Å². The van der Waals surface area contributed by atoms with Gasteiger partial charge in [-0.05, 0) is 52.4 Å². The van der Waals surface area contributed by atoms with E-state index in [0.29, 0.717) is 0 Å². The minimum atomic E-state index is 0.857. The van der Waals surface area contributed by atoms with Crippen LogP contribution < -0.4 is 5.32 Å². The fourth-order valence-corrected chi connectivity index (χ4v) is 2.49. The highest BCUT2D eigenvalue weighted by Crippen LogP contribution is 2.26. The highest BCUT2D eigenvalue weighted by atomic mass is 15.1. The number of nitrogens with zero attached hydrogens (tertiary/aromatic N) is 1. The van der Waals surface area contributed by atoms with Gasteiger partial charge >= 0.3 is 0 Å². The van der Waals surface area contributed by atoms with Gasteiger partial charge in [-0.25, -0.2) is 0 Å². The average Bonchev–Trinajstić information content (AvgIpc) is 2.18. The Balaban J connectivity index is 2.18. The molecular weight excluding hydrogens is 172 g/mol. The van der Waals surface area contributed by atoms with E-state index in [4.69, 9.17) is 0 Å². The zero-order chi connectivity index (χ0) is 10.4. The second-order valence-corrected chi connectivity index (χ2v) is 4.86. The molecule has 1 fully saturated rings. The normalized spacial score (nSPS) is 28.3. The van der Waals surface area contributed by atoms with Gasteiger partial charge in [-0.15, -0.1) is 0 Å². The summed E-state index contributed by atoms with van der Waals surface area (Å²) in [5, 5.41) is 3.21. The summed E-state index contributed by atoms with van der Waals surface area (Å²) in [7, 11) is 4.32. The number of hydrogen-bond acceptors (Lipinski definition) is 2. The summed E-state index contributed by atoms with van der Waals surface area (Å²) < 4.78 is 0. The van der Waals surface area contributed by atoms with Crippen molar-refractivity contribution >= 4 is 0 Å². The molecule has 1 rings (SSSR count). The summed E-state index contributed by atoms with van der Waals surface area (Å²) in [6.07, 6.45) is 6.98. The fraction of sp³-hybridized carbons (Fsp3) is 1.00. The van der Waals surface area contributed by atoms with E-state index in [1.54, 1.807) is 0 Å². The zero-order valence-corrected chi connectivity index (χ0v) is 10.1. The second-order valence-electron chi connectivity index (χ2n) is 4.86. The van der Waals surface area contributed by atoms with E-state index in [1.807, 2.05) is 7.05 Å². The second kappa shape index (κ2) is 6.41. The van der Waals surface area contributed by atoms with Gasteiger partial charge in [0.1, 0.15) is 0 Å². The zero-order valence-electron chi connectivity index (χ0n) is 10.1. The van der Waals surface area contributed by atoms with Crippen molar-refractivity contribution < 1.29 is 0 Å². The molecule has 0 amide bonds. The molecule has 0 saturated heterocycles. The standard InChI is InChI=1S/C12H26N2/c1-11-6-4-7-12(10-11)14(3)9-5-8-13-2/h11-13H,4-10H2,1-3H3. The smallest absolute Gasteiger partial charge is 0.00947 e. The molecule has 2 unspecified atom stereocenters. The Morgan fingerprint density at radius 1 is 1.36 bits per heavy atom.